The predicted octanol–water partition coefficient (Wildman–Crippen LogP) is 1.08. The second-order valence-electron chi connectivity index (χ2n) is 4.19. The SMILES string of the molecule is C[C@H]1OCC[C@H]1NC(=O)CC1CC1. The van der Waals surface area contributed by atoms with Crippen molar-refractivity contribution in [3.05, 3.63) is 0 Å². The van der Waals surface area contributed by atoms with Gasteiger partial charge in [0.05, 0.1) is 12.1 Å². The fourth-order valence-corrected chi connectivity index (χ4v) is 1.77. The summed E-state index contributed by atoms with van der Waals surface area (Å²) in [6.45, 7) is 2.81. The Labute approximate surface area is 78.8 Å². The van der Waals surface area contributed by atoms with Crippen LogP contribution >= 0.6 is 0 Å². The van der Waals surface area contributed by atoms with Gasteiger partial charge in [0.1, 0.15) is 0 Å². The van der Waals surface area contributed by atoms with Crippen molar-refractivity contribution in [2.24, 2.45) is 5.92 Å². The lowest BCUT2D eigenvalue weighted by molar-refractivity contribution is -0.122. The molecule has 0 aromatic heterocycles. The van der Waals surface area contributed by atoms with Crippen LogP contribution in [0.1, 0.15) is 32.6 Å². The van der Waals surface area contributed by atoms with Crippen molar-refractivity contribution in [2.45, 2.75) is 44.8 Å². The fourth-order valence-electron chi connectivity index (χ4n) is 1.77. The van der Waals surface area contributed by atoms with E-state index in [4.69, 9.17) is 4.74 Å². The lowest BCUT2D eigenvalue weighted by Gasteiger charge is -2.15. The van der Waals surface area contributed by atoms with Gasteiger partial charge in [0.25, 0.3) is 0 Å². The van der Waals surface area contributed by atoms with Crippen LogP contribution in [0.5, 0.6) is 0 Å². The van der Waals surface area contributed by atoms with E-state index in [-0.39, 0.29) is 18.1 Å². The van der Waals surface area contributed by atoms with E-state index in [0.29, 0.717) is 5.92 Å². The van der Waals surface area contributed by atoms with Gasteiger partial charge in [0, 0.05) is 13.0 Å². The number of amides is 1. The van der Waals surface area contributed by atoms with Crippen LogP contribution in [0, 0.1) is 5.92 Å². The Kier molecular flexibility index (Phi) is 2.54. The van der Waals surface area contributed by atoms with Gasteiger partial charge in [-0.15, -0.1) is 0 Å². The minimum absolute atomic E-state index is 0.197. The predicted molar refractivity (Wildman–Crippen MR) is 49.3 cm³/mol. The first-order valence-electron chi connectivity index (χ1n) is 5.16. The summed E-state index contributed by atoms with van der Waals surface area (Å²) in [6.07, 6.45) is 4.37. The van der Waals surface area contributed by atoms with Gasteiger partial charge in [-0.3, -0.25) is 4.79 Å². The highest BCUT2D eigenvalue weighted by molar-refractivity contribution is 5.76. The van der Waals surface area contributed by atoms with Crippen molar-refractivity contribution in [1.82, 2.24) is 5.32 Å². The zero-order valence-corrected chi connectivity index (χ0v) is 8.08. The normalized spacial score (nSPS) is 33.3. The van der Waals surface area contributed by atoms with Crippen molar-refractivity contribution in [2.75, 3.05) is 6.61 Å². The van der Waals surface area contributed by atoms with Crippen molar-refractivity contribution in [1.29, 1.82) is 0 Å². The van der Waals surface area contributed by atoms with E-state index in [2.05, 4.69) is 5.32 Å². The van der Waals surface area contributed by atoms with Crippen LogP contribution in [0.2, 0.25) is 0 Å². The molecule has 1 saturated heterocycles. The summed E-state index contributed by atoms with van der Waals surface area (Å²) < 4.78 is 5.37. The summed E-state index contributed by atoms with van der Waals surface area (Å²) in [6, 6.07) is 0.256. The van der Waals surface area contributed by atoms with Gasteiger partial charge in [0.15, 0.2) is 0 Å². The summed E-state index contributed by atoms with van der Waals surface area (Å²) in [4.78, 5) is 11.4. The Morgan fingerprint density at radius 3 is 2.77 bits per heavy atom. The molecule has 0 unspecified atom stereocenters. The molecule has 13 heavy (non-hydrogen) atoms. The average Bonchev–Trinajstić information content (AvgIpc) is 2.79. The van der Waals surface area contributed by atoms with Crippen LogP contribution in [-0.4, -0.2) is 24.7 Å². The largest absolute Gasteiger partial charge is 0.376 e. The Balaban J connectivity index is 1.72. The molecule has 3 nitrogen and oxygen atoms in total. The smallest absolute Gasteiger partial charge is 0.220 e. The fraction of sp³-hybridized carbons (Fsp3) is 0.900. The lowest BCUT2D eigenvalue weighted by Crippen LogP contribution is -2.39. The molecule has 1 saturated carbocycles. The van der Waals surface area contributed by atoms with Gasteiger partial charge in [-0.25, -0.2) is 0 Å². The maximum absolute atomic E-state index is 11.4. The molecule has 2 fully saturated rings. The summed E-state index contributed by atoms with van der Waals surface area (Å²) in [7, 11) is 0. The third kappa shape index (κ3) is 2.44. The Morgan fingerprint density at radius 2 is 2.23 bits per heavy atom. The van der Waals surface area contributed by atoms with Crippen molar-refractivity contribution in [3.63, 3.8) is 0 Å². The molecule has 2 atom stereocenters. The van der Waals surface area contributed by atoms with E-state index in [1.54, 1.807) is 0 Å². The zero-order valence-electron chi connectivity index (χ0n) is 8.08. The second-order valence-corrected chi connectivity index (χ2v) is 4.19. The van der Waals surface area contributed by atoms with E-state index in [9.17, 15) is 4.79 Å². The maximum Gasteiger partial charge on any atom is 0.220 e. The molecule has 0 bridgehead atoms. The molecule has 1 aliphatic heterocycles. The molecule has 3 heteroatoms. The topological polar surface area (TPSA) is 38.3 Å². The molecule has 74 valence electrons. The number of hydrogen-bond acceptors (Lipinski definition) is 2. The Bertz CT molecular complexity index is 201. The number of carbonyl (C=O) groups excluding carboxylic acids is 1. The van der Waals surface area contributed by atoms with Crippen LogP contribution in [0.3, 0.4) is 0 Å². The van der Waals surface area contributed by atoms with Gasteiger partial charge in [-0.05, 0) is 32.1 Å². The molecule has 0 radical (unpaired) electrons. The number of rotatable bonds is 3. The van der Waals surface area contributed by atoms with Gasteiger partial charge in [0.2, 0.25) is 5.91 Å². The number of ether oxygens (including phenoxy) is 1. The van der Waals surface area contributed by atoms with E-state index in [0.717, 1.165) is 19.4 Å². The van der Waals surface area contributed by atoms with Crippen LogP contribution in [0.25, 0.3) is 0 Å². The molecule has 1 heterocycles. The second kappa shape index (κ2) is 3.66. The highest BCUT2D eigenvalue weighted by atomic mass is 16.5. The number of nitrogens with one attached hydrogen (secondary N) is 1. The number of hydrogen-bond donors (Lipinski definition) is 1. The van der Waals surface area contributed by atoms with Crippen molar-refractivity contribution >= 4 is 5.91 Å². The van der Waals surface area contributed by atoms with Gasteiger partial charge in [-0.1, -0.05) is 0 Å². The zero-order chi connectivity index (χ0) is 9.26. The minimum Gasteiger partial charge on any atom is -0.376 e. The molecule has 2 rings (SSSR count). The first-order chi connectivity index (χ1) is 6.25. The Hall–Kier alpha value is -0.570. The first kappa shape index (κ1) is 9.00. The van der Waals surface area contributed by atoms with E-state index in [1.807, 2.05) is 6.92 Å². The minimum atomic E-state index is 0.197. The van der Waals surface area contributed by atoms with Crippen molar-refractivity contribution in [3.8, 4) is 0 Å². The molecule has 1 N–H and O–H groups in total. The van der Waals surface area contributed by atoms with Gasteiger partial charge < -0.3 is 10.1 Å². The third-order valence-corrected chi connectivity index (χ3v) is 2.89. The van der Waals surface area contributed by atoms with Gasteiger partial charge >= 0.3 is 0 Å². The average molecular weight is 183 g/mol. The molecule has 1 amide bonds. The van der Waals surface area contributed by atoms with Crippen LogP contribution in [-0.2, 0) is 9.53 Å². The monoisotopic (exact) mass is 183 g/mol. The van der Waals surface area contributed by atoms with Crippen LogP contribution < -0.4 is 5.32 Å². The standard InChI is InChI=1S/C10H17NO2/c1-7-9(4-5-13-7)11-10(12)6-8-2-3-8/h7-9H,2-6H2,1H3,(H,11,12)/t7-,9-/m1/s1. The van der Waals surface area contributed by atoms with Crippen molar-refractivity contribution < 1.29 is 9.53 Å². The van der Waals surface area contributed by atoms with Crippen LogP contribution in [0.15, 0.2) is 0 Å². The lowest BCUT2D eigenvalue weighted by atomic mass is 10.1. The van der Waals surface area contributed by atoms with E-state index < -0.39 is 0 Å². The first-order valence-corrected chi connectivity index (χ1v) is 5.16. The number of carbonyl (C=O) groups is 1. The molecule has 2 aliphatic rings. The van der Waals surface area contributed by atoms with Gasteiger partial charge in [-0.2, -0.15) is 0 Å². The molecule has 0 aromatic rings. The molecular weight excluding hydrogens is 166 g/mol. The summed E-state index contributed by atoms with van der Waals surface area (Å²) in [5.74, 6) is 0.891. The summed E-state index contributed by atoms with van der Waals surface area (Å²) in [5.41, 5.74) is 0. The maximum atomic E-state index is 11.4. The molecular formula is C10H17NO2. The molecule has 0 spiro atoms. The Morgan fingerprint density at radius 1 is 1.46 bits per heavy atom. The summed E-state index contributed by atoms with van der Waals surface area (Å²) in [5, 5.41) is 3.04. The summed E-state index contributed by atoms with van der Waals surface area (Å²) >= 11 is 0. The molecule has 0 aromatic carbocycles. The highest BCUT2D eigenvalue weighted by Gasteiger charge is 2.29. The van der Waals surface area contributed by atoms with Crippen LogP contribution in [0.4, 0.5) is 0 Å². The third-order valence-electron chi connectivity index (χ3n) is 2.89. The van der Waals surface area contributed by atoms with E-state index in [1.165, 1.54) is 12.8 Å². The van der Waals surface area contributed by atoms with E-state index >= 15 is 0 Å². The molecule has 1 aliphatic carbocycles. The quantitative estimate of drug-likeness (QED) is 0.711. The highest BCUT2D eigenvalue weighted by Crippen LogP contribution is 2.32.